The molecule has 0 bridgehead atoms. The molecule has 0 aromatic heterocycles. The van der Waals surface area contributed by atoms with Crippen molar-refractivity contribution in [2.75, 3.05) is 32.6 Å². The Morgan fingerprint density at radius 1 is 1.24 bits per heavy atom. The molecule has 0 aliphatic rings. The molecule has 0 saturated carbocycles. The van der Waals surface area contributed by atoms with Crippen LogP contribution < -0.4 is 0 Å². The zero-order chi connectivity index (χ0) is 19.0. The lowest BCUT2D eigenvalue weighted by Gasteiger charge is -2.24. The molecule has 1 amide bonds. The van der Waals surface area contributed by atoms with E-state index >= 15 is 0 Å². The molecule has 25 heavy (non-hydrogen) atoms. The zero-order valence-electron chi connectivity index (χ0n) is 14.8. The highest BCUT2D eigenvalue weighted by Crippen LogP contribution is 2.14. The number of rotatable bonds is 10. The third-order valence-electron chi connectivity index (χ3n) is 3.65. The summed E-state index contributed by atoms with van der Waals surface area (Å²) in [5.74, 6) is -2.01. The summed E-state index contributed by atoms with van der Waals surface area (Å²) in [6.45, 7) is 4.91. The van der Waals surface area contributed by atoms with Crippen molar-refractivity contribution in [3.63, 3.8) is 0 Å². The number of amides is 1. The summed E-state index contributed by atoms with van der Waals surface area (Å²) in [5.41, 5.74) is 0.321. The SMILES string of the molecule is CCOCCCN(CC(C)C(=O)O)C(=O)c1ccc(S(C)(=O)=O)cc1. The van der Waals surface area contributed by atoms with Crippen LogP contribution in [0, 0.1) is 5.92 Å². The van der Waals surface area contributed by atoms with Gasteiger partial charge in [-0.15, -0.1) is 0 Å². The normalized spacial score (nSPS) is 12.6. The number of carbonyl (C=O) groups is 2. The van der Waals surface area contributed by atoms with Crippen molar-refractivity contribution in [3.8, 4) is 0 Å². The largest absolute Gasteiger partial charge is 0.481 e. The van der Waals surface area contributed by atoms with Crippen LogP contribution >= 0.6 is 0 Å². The van der Waals surface area contributed by atoms with Crippen molar-refractivity contribution in [3.05, 3.63) is 29.8 Å². The maximum absolute atomic E-state index is 12.7. The minimum absolute atomic E-state index is 0.0775. The van der Waals surface area contributed by atoms with Crippen molar-refractivity contribution in [1.82, 2.24) is 4.90 Å². The highest BCUT2D eigenvalue weighted by Gasteiger charge is 2.22. The van der Waals surface area contributed by atoms with Crippen LogP contribution in [0.3, 0.4) is 0 Å². The molecule has 7 nitrogen and oxygen atoms in total. The first kappa shape index (κ1) is 21.1. The second-order valence-electron chi connectivity index (χ2n) is 5.84. The van der Waals surface area contributed by atoms with Gasteiger partial charge in [0.15, 0.2) is 9.84 Å². The van der Waals surface area contributed by atoms with Crippen molar-refractivity contribution in [1.29, 1.82) is 0 Å². The van der Waals surface area contributed by atoms with E-state index in [9.17, 15) is 18.0 Å². The second kappa shape index (κ2) is 9.53. The van der Waals surface area contributed by atoms with Crippen LogP contribution in [-0.2, 0) is 19.4 Å². The fourth-order valence-corrected chi connectivity index (χ4v) is 2.84. The van der Waals surface area contributed by atoms with Crippen molar-refractivity contribution < 1.29 is 27.9 Å². The lowest BCUT2D eigenvalue weighted by Crippen LogP contribution is -2.38. The number of nitrogens with zero attached hydrogens (tertiary/aromatic N) is 1. The topological polar surface area (TPSA) is 101 Å². The van der Waals surface area contributed by atoms with Crippen LogP contribution in [0.5, 0.6) is 0 Å². The van der Waals surface area contributed by atoms with Crippen LogP contribution in [0.1, 0.15) is 30.6 Å². The molecule has 1 unspecified atom stereocenters. The number of carboxylic acid groups (broad SMARTS) is 1. The van der Waals surface area contributed by atoms with Crippen LogP contribution in [0.25, 0.3) is 0 Å². The molecule has 8 heteroatoms. The minimum Gasteiger partial charge on any atom is -0.481 e. The molecule has 1 N–H and O–H groups in total. The van der Waals surface area contributed by atoms with Gasteiger partial charge in [-0.25, -0.2) is 8.42 Å². The van der Waals surface area contributed by atoms with E-state index in [0.29, 0.717) is 31.7 Å². The second-order valence-corrected chi connectivity index (χ2v) is 7.85. The highest BCUT2D eigenvalue weighted by molar-refractivity contribution is 7.90. The Hall–Kier alpha value is -1.93. The quantitative estimate of drug-likeness (QED) is 0.628. The van der Waals surface area contributed by atoms with Crippen molar-refractivity contribution >= 4 is 21.7 Å². The van der Waals surface area contributed by atoms with Crippen LogP contribution in [0.2, 0.25) is 0 Å². The van der Waals surface area contributed by atoms with Gasteiger partial charge in [0, 0.05) is 38.1 Å². The first-order valence-electron chi connectivity index (χ1n) is 8.06. The number of benzene rings is 1. The molecule has 1 atom stereocenters. The summed E-state index contributed by atoms with van der Waals surface area (Å²) < 4.78 is 28.2. The zero-order valence-corrected chi connectivity index (χ0v) is 15.6. The van der Waals surface area contributed by atoms with Gasteiger partial charge in [-0.2, -0.15) is 0 Å². The van der Waals surface area contributed by atoms with Gasteiger partial charge in [0.25, 0.3) is 5.91 Å². The molecule has 1 aromatic rings. The van der Waals surface area contributed by atoms with Gasteiger partial charge < -0.3 is 14.7 Å². The van der Waals surface area contributed by atoms with E-state index in [1.165, 1.54) is 36.1 Å². The number of ether oxygens (including phenoxy) is 1. The monoisotopic (exact) mass is 371 g/mol. The van der Waals surface area contributed by atoms with Gasteiger partial charge in [0.2, 0.25) is 0 Å². The average Bonchev–Trinajstić information content (AvgIpc) is 2.56. The van der Waals surface area contributed by atoms with Crippen LogP contribution in [0.15, 0.2) is 29.2 Å². The summed E-state index contributed by atoms with van der Waals surface area (Å²) in [4.78, 5) is 25.4. The van der Waals surface area contributed by atoms with Gasteiger partial charge in [0.05, 0.1) is 10.8 Å². The Kier molecular flexibility index (Phi) is 8.05. The summed E-state index contributed by atoms with van der Waals surface area (Å²) >= 11 is 0. The average molecular weight is 371 g/mol. The Bertz CT molecular complexity index is 684. The molecule has 1 rings (SSSR count). The number of carbonyl (C=O) groups excluding carboxylic acids is 1. The summed E-state index contributed by atoms with van der Waals surface area (Å²) in [6, 6.07) is 5.64. The van der Waals surface area contributed by atoms with Gasteiger partial charge >= 0.3 is 5.97 Å². The third-order valence-corrected chi connectivity index (χ3v) is 4.78. The smallest absolute Gasteiger partial charge is 0.308 e. The minimum atomic E-state index is -3.34. The van der Waals surface area contributed by atoms with E-state index in [1.807, 2.05) is 6.92 Å². The third kappa shape index (κ3) is 6.83. The fourth-order valence-electron chi connectivity index (χ4n) is 2.21. The maximum atomic E-state index is 12.7. The molecule has 0 spiro atoms. The van der Waals surface area contributed by atoms with Gasteiger partial charge in [-0.1, -0.05) is 6.92 Å². The maximum Gasteiger partial charge on any atom is 0.308 e. The molecule has 0 heterocycles. The molecular formula is C17H25NO6S. The number of hydrogen-bond acceptors (Lipinski definition) is 5. The number of sulfone groups is 1. The number of hydrogen-bond donors (Lipinski definition) is 1. The molecule has 0 saturated heterocycles. The molecular weight excluding hydrogens is 346 g/mol. The molecule has 0 radical (unpaired) electrons. The van der Waals surface area contributed by atoms with Crippen LogP contribution in [-0.4, -0.2) is 62.9 Å². The van der Waals surface area contributed by atoms with Gasteiger partial charge in [-0.3, -0.25) is 9.59 Å². The van der Waals surface area contributed by atoms with E-state index < -0.39 is 21.7 Å². The lowest BCUT2D eigenvalue weighted by atomic mass is 10.1. The Balaban J connectivity index is 2.91. The van der Waals surface area contributed by atoms with Crippen molar-refractivity contribution in [2.24, 2.45) is 5.92 Å². The van der Waals surface area contributed by atoms with E-state index in [-0.39, 0.29) is 17.3 Å². The Morgan fingerprint density at radius 3 is 2.32 bits per heavy atom. The summed E-state index contributed by atoms with van der Waals surface area (Å²) in [5, 5.41) is 9.09. The highest BCUT2D eigenvalue weighted by atomic mass is 32.2. The molecule has 140 valence electrons. The fraction of sp³-hybridized carbons (Fsp3) is 0.529. The number of carboxylic acids is 1. The first-order valence-corrected chi connectivity index (χ1v) is 9.96. The van der Waals surface area contributed by atoms with Gasteiger partial charge in [-0.05, 0) is 37.6 Å². The summed E-state index contributed by atoms with van der Waals surface area (Å²) in [6.07, 6.45) is 1.69. The Morgan fingerprint density at radius 2 is 1.84 bits per heavy atom. The van der Waals surface area contributed by atoms with E-state index in [4.69, 9.17) is 9.84 Å². The molecule has 0 fully saturated rings. The standard InChI is InChI=1S/C17H25NO6S/c1-4-24-11-5-10-18(12-13(2)17(20)21)16(19)14-6-8-15(9-7-14)25(3,22)23/h6-9,13H,4-5,10-12H2,1-3H3,(H,20,21). The first-order chi connectivity index (χ1) is 11.7. The van der Waals surface area contributed by atoms with Crippen molar-refractivity contribution in [2.45, 2.75) is 25.2 Å². The predicted octanol–water partition coefficient (Wildman–Crippen LogP) is 1.68. The molecule has 0 aliphatic heterocycles. The van der Waals surface area contributed by atoms with E-state index in [0.717, 1.165) is 6.26 Å². The van der Waals surface area contributed by atoms with E-state index in [1.54, 1.807) is 0 Å². The Labute approximate surface area is 148 Å². The summed E-state index contributed by atoms with van der Waals surface area (Å²) in [7, 11) is -3.34. The molecule has 0 aliphatic carbocycles. The van der Waals surface area contributed by atoms with E-state index in [2.05, 4.69) is 0 Å². The molecule has 1 aromatic carbocycles. The number of aliphatic carboxylic acids is 1. The van der Waals surface area contributed by atoms with Crippen LogP contribution in [0.4, 0.5) is 0 Å². The lowest BCUT2D eigenvalue weighted by molar-refractivity contribution is -0.141. The predicted molar refractivity (Wildman–Crippen MR) is 93.4 cm³/mol. The van der Waals surface area contributed by atoms with Gasteiger partial charge in [0.1, 0.15) is 0 Å².